The van der Waals surface area contributed by atoms with Crippen molar-refractivity contribution in [2.24, 2.45) is 0 Å². The van der Waals surface area contributed by atoms with Crippen LogP contribution in [-0.4, -0.2) is 29.9 Å². The van der Waals surface area contributed by atoms with E-state index in [0.29, 0.717) is 18.7 Å². The summed E-state index contributed by atoms with van der Waals surface area (Å²) in [6.45, 7) is 5.52. The molecular weight excluding hydrogens is 266 g/mol. The molecule has 0 aromatic heterocycles. The molecular formula is C17H29NO3. The minimum absolute atomic E-state index is 0.0275. The van der Waals surface area contributed by atoms with Gasteiger partial charge in [-0.2, -0.15) is 0 Å². The van der Waals surface area contributed by atoms with Gasteiger partial charge in [-0.3, -0.25) is 9.59 Å². The van der Waals surface area contributed by atoms with Crippen molar-refractivity contribution in [1.29, 1.82) is 0 Å². The van der Waals surface area contributed by atoms with Gasteiger partial charge in [-0.05, 0) is 12.8 Å². The first kappa shape index (κ1) is 17.7. The van der Waals surface area contributed by atoms with Gasteiger partial charge < -0.3 is 9.64 Å². The fourth-order valence-corrected chi connectivity index (χ4v) is 2.41. The van der Waals surface area contributed by atoms with Crippen LogP contribution in [0.25, 0.3) is 0 Å². The molecule has 0 bridgehead atoms. The van der Waals surface area contributed by atoms with Gasteiger partial charge in [0.2, 0.25) is 5.91 Å². The van der Waals surface area contributed by atoms with Crippen molar-refractivity contribution in [1.82, 2.24) is 4.90 Å². The predicted octanol–water partition coefficient (Wildman–Crippen LogP) is 3.81. The van der Waals surface area contributed by atoms with E-state index in [4.69, 9.17) is 4.74 Å². The molecule has 0 atom stereocenters. The molecule has 0 aromatic rings. The monoisotopic (exact) mass is 295 g/mol. The Balaban J connectivity index is 2.20. The number of unbranched alkanes of at least 4 members (excludes halogenated alkanes) is 6. The van der Waals surface area contributed by atoms with Crippen molar-refractivity contribution in [2.45, 2.75) is 71.6 Å². The Labute approximate surface area is 128 Å². The summed E-state index contributed by atoms with van der Waals surface area (Å²) in [4.78, 5) is 25.2. The van der Waals surface area contributed by atoms with Crippen LogP contribution in [0.2, 0.25) is 0 Å². The van der Waals surface area contributed by atoms with Crippen molar-refractivity contribution < 1.29 is 14.3 Å². The average Bonchev–Trinajstić information content (AvgIpc) is 2.80. The number of carbonyl (C=O) groups is 2. The van der Waals surface area contributed by atoms with E-state index in [1.807, 2.05) is 0 Å². The highest BCUT2D eigenvalue weighted by Crippen LogP contribution is 2.15. The zero-order chi connectivity index (χ0) is 15.5. The van der Waals surface area contributed by atoms with E-state index in [1.54, 1.807) is 4.90 Å². The summed E-state index contributed by atoms with van der Waals surface area (Å²) >= 11 is 0. The fourth-order valence-electron chi connectivity index (χ4n) is 2.41. The molecule has 1 amide bonds. The smallest absolute Gasteiger partial charge is 0.310 e. The second kappa shape index (κ2) is 10.4. The second-order valence-electron chi connectivity index (χ2n) is 5.72. The number of nitrogens with zero attached hydrogens (tertiary/aromatic N) is 1. The second-order valence-corrected chi connectivity index (χ2v) is 5.72. The highest BCUT2D eigenvalue weighted by Gasteiger charge is 2.23. The Morgan fingerprint density at radius 3 is 2.43 bits per heavy atom. The maximum atomic E-state index is 11.8. The summed E-state index contributed by atoms with van der Waals surface area (Å²) in [6.07, 6.45) is 10.7. The summed E-state index contributed by atoms with van der Waals surface area (Å²) in [5.41, 5.74) is 0. The van der Waals surface area contributed by atoms with Crippen molar-refractivity contribution >= 4 is 11.9 Å². The zero-order valence-corrected chi connectivity index (χ0v) is 13.5. The van der Waals surface area contributed by atoms with Crippen LogP contribution in [0.1, 0.15) is 71.6 Å². The number of amides is 1. The average molecular weight is 295 g/mol. The van der Waals surface area contributed by atoms with Crippen LogP contribution >= 0.6 is 0 Å². The van der Waals surface area contributed by atoms with Crippen LogP contribution < -0.4 is 0 Å². The number of hydrogen-bond acceptors (Lipinski definition) is 3. The van der Waals surface area contributed by atoms with E-state index >= 15 is 0 Å². The Morgan fingerprint density at radius 2 is 1.76 bits per heavy atom. The summed E-state index contributed by atoms with van der Waals surface area (Å²) in [5.74, 6) is 0.272. The van der Waals surface area contributed by atoms with Gasteiger partial charge in [0.25, 0.3) is 0 Å². The molecule has 0 N–H and O–H groups in total. The molecule has 120 valence electrons. The van der Waals surface area contributed by atoms with Crippen LogP contribution in [0.4, 0.5) is 0 Å². The van der Waals surface area contributed by atoms with Crippen molar-refractivity contribution in [3.8, 4) is 0 Å². The summed E-state index contributed by atoms with van der Waals surface area (Å²) in [7, 11) is 0. The lowest BCUT2D eigenvalue weighted by Crippen LogP contribution is -2.27. The largest absolute Gasteiger partial charge is 0.429 e. The van der Waals surface area contributed by atoms with Crippen LogP contribution in [0, 0.1) is 0 Å². The third kappa shape index (κ3) is 7.30. The Kier molecular flexibility index (Phi) is 8.79. The van der Waals surface area contributed by atoms with Crippen molar-refractivity contribution in [2.75, 3.05) is 13.1 Å². The highest BCUT2D eigenvalue weighted by molar-refractivity contribution is 5.91. The lowest BCUT2D eigenvalue weighted by atomic mass is 10.2. The van der Waals surface area contributed by atoms with E-state index in [2.05, 4.69) is 13.8 Å². The van der Waals surface area contributed by atoms with Gasteiger partial charge in [-0.15, -0.1) is 0 Å². The first-order valence-corrected chi connectivity index (χ1v) is 8.37. The third-order valence-corrected chi connectivity index (χ3v) is 3.70. The lowest BCUT2D eigenvalue weighted by molar-refractivity contribution is -0.140. The molecule has 1 aliphatic rings. The molecule has 1 aliphatic heterocycles. The minimum Gasteiger partial charge on any atom is -0.429 e. The van der Waals surface area contributed by atoms with E-state index in [9.17, 15) is 9.59 Å². The van der Waals surface area contributed by atoms with Crippen molar-refractivity contribution in [3.05, 3.63) is 11.8 Å². The molecule has 0 radical (unpaired) electrons. The fraction of sp³-hybridized carbons (Fsp3) is 0.765. The standard InChI is InChI=1S/C17H29NO3/c1-3-5-7-9-11-17(20)21-15-13-16(19)18(14-15)12-10-8-6-4-2/h13H,3-12,14H2,1-2H3. The molecule has 4 nitrogen and oxygen atoms in total. The number of ether oxygens (including phenoxy) is 1. The van der Waals surface area contributed by atoms with Crippen LogP contribution in [0.3, 0.4) is 0 Å². The Bertz CT molecular complexity index is 363. The quantitative estimate of drug-likeness (QED) is 0.430. The maximum absolute atomic E-state index is 11.8. The predicted molar refractivity (Wildman–Crippen MR) is 83.7 cm³/mol. The summed E-state index contributed by atoms with van der Waals surface area (Å²) in [5, 5.41) is 0. The molecule has 0 saturated carbocycles. The SMILES string of the molecule is CCCCCCC(=O)OC1=CC(=O)N(CCCCCC)C1. The molecule has 0 saturated heterocycles. The van der Waals surface area contributed by atoms with Crippen LogP contribution in [0.15, 0.2) is 11.8 Å². The molecule has 0 unspecified atom stereocenters. The molecule has 0 aromatic carbocycles. The number of carbonyl (C=O) groups excluding carboxylic acids is 2. The van der Waals surface area contributed by atoms with Gasteiger partial charge in [0.15, 0.2) is 0 Å². The number of rotatable bonds is 11. The lowest BCUT2D eigenvalue weighted by Gasteiger charge is -2.15. The summed E-state index contributed by atoms with van der Waals surface area (Å²) < 4.78 is 5.28. The molecule has 0 spiro atoms. The van der Waals surface area contributed by atoms with E-state index in [1.165, 1.54) is 18.9 Å². The van der Waals surface area contributed by atoms with E-state index in [-0.39, 0.29) is 11.9 Å². The van der Waals surface area contributed by atoms with E-state index < -0.39 is 0 Å². The third-order valence-electron chi connectivity index (χ3n) is 3.70. The molecule has 0 aliphatic carbocycles. The molecule has 1 heterocycles. The first-order chi connectivity index (χ1) is 10.2. The summed E-state index contributed by atoms with van der Waals surface area (Å²) in [6, 6.07) is 0. The topological polar surface area (TPSA) is 46.6 Å². The molecule has 4 heteroatoms. The van der Waals surface area contributed by atoms with Gasteiger partial charge in [-0.1, -0.05) is 52.4 Å². The Hall–Kier alpha value is -1.32. The first-order valence-electron chi connectivity index (χ1n) is 8.37. The normalized spacial score (nSPS) is 14.5. The van der Waals surface area contributed by atoms with Crippen LogP contribution in [0.5, 0.6) is 0 Å². The molecule has 21 heavy (non-hydrogen) atoms. The number of hydrogen-bond donors (Lipinski definition) is 0. The molecule has 0 fully saturated rings. The maximum Gasteiger partial charge on any atom is 0.310 e. The van der Waals surface area contributed by atoms with Crippen LogP contribution in [-0.2, 0) is 14.3 Å². The minimum atomic E-state index is -0.210. The van der Waals surface area contributed by atoms with E-state index in [0.717, 1.165) is 45.1 Å². The van der Waals surface area contributed by atoms with Gasteiger partial charge in [0.1, 0.15) is 5.76 Å². The highest BCUT2D eigenvalue weighted by atomic mass is 16.5. The van der Waals surface area contributed by atoms with Crippen molar-refractivity contribution in [3.63, 3.8) is 0 Å². The number of esters is 1. The zero-order valence-electron chi connectivity index (χ0n) is 13.5. The van der Waals surface area contributed by atoms with Gasteiger partial charge in [0.05, 0.1) is 6.54 Å². The van der Waals surface area contributed by atoms with Gasteiger partial charge in [-0.25, -0.2) is 0 Å². The Morgan fingerprint density at radius 1 is 1.10 bits per heavy atom. The van der Waals surface area contributed by atoms with Gasteiger partial charge in [0, 0.05) is 19.0 Å². The molecule has 1 rings (SSSR count). The van der Waals surface area contributed by atoms with Gasteiger partial charge >= 0.3 is 5.97 Å².